The molecule has 30 heavy (non-hydrogen) atoms. The van der Waals surface area contributed by atoms with Crippen molar-refractivity contribution < 1.29 is 27.0 Å². The van der Waals surface area contributed by atoms with Crippen molar-refractivity contribution in [3.63, 3.8) is 0 Å². The van der Waals surface area contributed by atoms with Crippen molar-refractivity contribution in [1.29, 1.82) is 0 Å². The molecule has 1 N–H and O–H groups in total. The number of ether oxygens (including phenoxy) is 2. The standard InChI is InChI=1S/C21H18F4N2O2.ClH/c22-16-3-1-12-10-26-8-7-14(12)15(16)11-27-18-5-6-19(18)28-13-2-4-17(23)20(9-13)29-21(24)25;/h1-4,7-10,18-19,21,27H,5-6,11H2;1H/t18-,19-;/m1./s1. The number of alkyl halides is 2. The van der Waals surface area contributed by atoms with Gasteiger partial charge in [0.15, 0.2) is 11.6 Å². The first-order valence-electron chi connectivity index (χ1n) is 9.17. The number of pyridine rings is 1. The van der Waals surface area contributed by atoms with Gasteiger partial charge in [-0.15, -0.1) is 12.4 Å². The van der Waals surface area contributed by atoms with E-state index in [9.17, 15) is 17.6 Å². The summed E-state index contributed by atoms with van der Waals surface area (Å²) in [5.41, 5.74) is 0.546. The van der Waals surface area contributed by atoms with Gasteiger partial charge in [-0.1, -0.05) is 0 Å². The monoisotopic (exact) mass is 442 g/mol. The third-order valence-corrected chi connectivity index (χ3v) is 5.03. The maximum absolute atomic E-state index is 14.3. The second kappa shape index (κ2) is 9.49. The first-order valence-corrected chi connectivity index (χ1v) is 9.17. The highest BCUT2D eigenvalue weighted by Gasteiger charge is 2.33. The van der Waals surface area contributed by atoms with Gasteiger partial charge in [-0.05, 0) is 48.6 Å². The maximum Gasteiger partial charge on any atom is 0.387 e. The molecule has 1 saturated carbocycles. The first-order chi connectivity index (χ1) is 14.0. The number of hydrogen-bond acceptors (Lipinski definition) is 4. The van der Waals surface area contributed by atoms with Gasteiger partial charge < -0.3 is 14.8 Å². The fourth-order valence-electron chi connectivity index (χ4n) is 3.38. The van der Waals surface area contributed by atoms with Crippen LogP contribution in [0.2, 0.25) is 0 Å². The topological polar surface area (TPSA) is 43.4 Å². The number of aromatic nitrogens is 1. The minimum atomic E-state index is -3.12. The smallest absolute Gasteiger partial charge is 0.387 e. The Kier molecular flexibility index (Phi) is 6.99. The van der Waals surface area contributed by atoms with Crippen molar-refractivity contribution in [1.82, 2.24) is 10.3 Å². The molecule has 1 aliphatic rings. The molecule has 0 bridgehead atoms. The van der Waals surface area contributed by atoms with E-state index in [1.165, 1.54) is 12.1 Å². The highest BCUT2D eigenvalue weighted by atomic mass is 35.5. The minimum Gasteiger partial charge on any atom is -0.489 e. The number of hydrogen-bond donors (Lipinski definition) is 1. The van der Waals surface area contributed by atoms with Gasteiger partial charge >= 0.3 is 6.61 Å². The molecule has 3 aromatic rings. The molecular weight excluding hydrogens is 424 g/mol. The number of benzene rings is 2. The van der Waals surface area contributed by atoms with Crippen LogP contribution in [0, 0.1) is 11.6 Å². The Labute approximate surface area is 176 Å². The van der Waals surface area contributed by atoms with Crippen LogP contribution in [-0.4, -0.2) is 23.7 Å². The summed E-state index contributed by atoms with van der Waals surface area (Å²) in [7, 11) is 0. The van der Waals surface area contributed by atoms with Gasteiger partial charge in [0.1, 0.15) is 17.7 Å². The normalized spacial score (nSPS) is 18.0. The van der Waals surface area contributed by atoms with Crippen LogP contribution in [0.25, 0.3) is 10.8 Å². The molecule has 0 radical (unpaired) electrons. The van der Waals surface area contributed by atoms with Crippen molar-refractivity contribution in [3.05, 3.63) is 66.0 Å². The largest absolute Gasteiger partial charge is 0.489 e. The Bertz CT molecular complexity index is 1020. The van der Waals surface area contributed by atoms with Gasteiger partial charge in [-0.2, -0.15) is 8.78 Å². The molecule has 160 valence electrons. The molecule has 4 rings (SSSR count). The predicted octanol–water partition coefficient (Wildman–Crippen LogP) is 5.24. The Morgan fingerprint density at radius 3 is 2.60 bits per heavy atom. The zero-order valence-corrected chi connectivity index (χ0v) is 16.5. The van der Waals surface area contributed by atoms with E-state index < -0.39 is 18.2 Å². The van der Waals surface area contributed by atoms with E-state index >= 15 is 0 Å². The van der Waals surface area contributed by atoms with Crippen LogP contribution in [0.5, 0.6) is 11.5 Å². The lowest BCUT2D eigenvalue weighted by molar-refractivity contribution is -0.0524. The molecule has 0 unspecified atom stereocenters. The van der Waals surface area contributed by atoms with Crippen LogP contribution in [0.3, 0.4) is 0 Å². The number of fused-ring (bicyclic) bond motifs is 1. The summed E-state index contributed by atoms with van der Waals surface area (Å²) in [4.78, 5) is 4.05. The highest BCUT2D eigenvalue weighted by Crippen LogP contribution is 2.31. The zero-order chi connectivity index (χ0) is 20.4. The van der Waals surface area contributed by atoms with Crippen LogP contribution in [0.15, 0.2) is 48.8 Å². The molecule has 2 atom stereocenters. The lowest BCUT2D eigenvalue weighted by Crippen LogP contribution is -2.50. The molecule has 0 saturated heterocycles. The average molecular weight is 443 g/mol. The minimum absolute atomic E-state index is 0. The van der Waals surface area contributed by atoms with E-state index in [0.29, 0.717) is 12.1 Å². The van der Waals surface area contributed by atoms with E-state index in [0.717, 1.165) is 35.7 Å². The molecule has 1 fully saturated rings. The van der Waals surface area contributed by atoms with E-state index in [2.05, 4.69) is 15.0 Å². The number of nitrogens with one attached hydrogen (secondary N) is 1. The Morgan fingerprint density at radius 2 is 1.87 bits per heavy atom. The third kappa shape index (κ3) is 4.76. The Morgan fingerprint density at radius 1 is 1.07 bits per heavy atom. The summed E-state index contributed by atoms with van der Waals surface area (Å²) in [6.07, 6.45) is 4.62. The van der Waals surface area contributed by atoms with Crippen LogP contribution in [0.1, 0.15) is 18.4 Å². The van der Waals surface area contributed by atoms with Crippen LogP contribution < -0.4 is 14.8 Å². The third-order valence-electron chi connectivity index (χ3n) is 5.03. The molecule has 2 aromatic carbocycles. The second-order valence-corrected chi connectivity index (χ2v) is 6.81. The molecule has 0 aliphatic heterocycles. The zero-order valence-electron chi connectivity index (χ0n) is 15.7. The van der Waals surface area contributed by atoms with Crippen molar-refractivity contribution >= 4 is 23.2 Å². The highest BCUT2D eigenvalue weighted by molar-refractivity contribution is 5.85. The molecule has 1 aromatic heterocycles. The number of rotatable bonds is 7. The summed E-state index contributed by atoms with van der Waals surface area (Å²) in [6.45, 7) is -2.82. The molecule has 4 nitrogen and oxygen atoms in total. The fourth-order valence-corrected chi connectivity index (χ4v) is 3.38. The van der Waals surface area contributed by atoms with Crippen molar-refractivity contribution in [2.45, 2.75) is 38.1 Å². The number of nitrogens with zero attached hydrogens (tertiary/aromatic N) is 1. The Hall–Kier alpha value is -2.58. The molecule has 0 amide bonds. The van der Waals surface area contributed by atoms with E-state index in [4.69, 9.17) is 4.74 Å². The molecule has 1 aliphatic carbocycles. The van der Waals surface area contributed by atoms with Gasteiger partial charge in [0.05, 0.1) is 0 Å². The number of halogens is 5. The van der Waals surface area contributed by atoms with E-state index in [1.54, 1.807) is 24.5 Å². The van der Waals surface area contributed by atoms with Gasteiger partial charge in [0.2, 0.25) is 0 Å². The van der Waals surface area contributed by atoms with Crippen LogP contribution in [-0.2, 0) is 6.54 Å². The van der Waals surface area contributed by atoms with Crippen LogP contribution in [0.4, 0.5) is 17.6 Å². The van der Waals surface area contributed by atoms with Crippen molar-refractivity contribution in [2.24, 2.45) is 0 Å². The molecule has 1 heterocycles. The Balaban J connectivity index is 0.00000256. The SMILES string of the molecule is Cl.Fc1ccc(O[C@@H]2CC[C@H]2NCc2c(F)ccc3cnccc23)cc1OC(F)F. The van der Waals surface area contributed by atoms with E-state index in [-0.39, 0.29) is 36.1 Å². The molecular formula is C21H19ClF4N2O2. The summed E-state index contributed by atoms with van der Waals surface area (Å²) < 4.78 is 62.5. The van der Waals surface area contributed by atoms with Crippen molar-refractivity contribution in [2.75, 3.05) is 0 Å². The molecule has 0 spiro atoms. The predicted molar refractivity (Wildman–Crippen MR) is 106 cm³/mol. The average Bonchev–Trinajstić information content (AvgIpc) is 2.69. The fraction of sp³-hybridized carbons (Fsp3) is 0.286. The van der Waals surface area contributed by atoms with E-state index in [1.807, 2.05) is 0 Å². The van der Waals surface area contributed by atoms with Gasteiger partial charge in [0.25, 0.3) is 0 Å². The van der Waals surface area contributed by atoms with Gasteiger partial charge in [-0.3, -0.25) is 4.98 Å². The lowest BCUT2D eigenvalue weighted by atomic mass is 9.88. The maximum atomic E-state index is 14.3. The quantitative estimate of drug-likeness (QED) is 0.508. The van der Waals surface area contributed by atoms with Crippen LogP contribution >= 0.6 is 12.4 Å². The summed E-state index contributed by atoms with van der Waals surface area (Å²) >= 11 is 0. The summed E-state index contributed by atoms with van der Waals surface area (Å²) in [5, 5.41) is 4.93. The first kappa shape index (κ1) is 22.1. The van der Waals surface area contributed by atoms with Gasteiger partial charge in [0, 0.05) is 42.0 Å². The van der Waals surface area contributed by atoms with Gasteiger partial charge in [-0.25, -0.2) is 8.78 Å². The summed E-state index contributed by atoms with van der Waals surface area (Å²) in [5.74, 6) is -1.52. The van der Waals surface area contributed by atoms with Crippen molar-refractivity contribution in [3.8, 4) is 11.5 Å². The second-order valence-electron chi connectivity index (χ2n) is 6.81. The molecule has 9 heteroatoms. The lowest BCUT2D eigenvalue weighted by Gasteiger charge is -2.37. The summed E-state index contributed by atoms with van der Waals surface area (Å²) in [6, 6.07) is 8.31.